The Bertz CT molecular complexity index is 1010. The summed E-state index contributed by atoms with van der Waals surface area (Å²) in [5, 5.41) is 0. The van der Waals surface area contributed by atoms with Crippen molar-refractivity contribution >= 4 is 23.0 Å². The Hall–Kier alpha value is -2.66. The van der Waals surface area contributed by atoms with E-state index in [0.29, 0.717) is 6.54 Å². The number of benzene rings is 1. The summed E-state index contributed by atoms with van der Waals surface area (Å²) in [6.45, 7) is 9.94. The summed E-state index contributed by atoms with van der Waals surface area (Å²) < 4.78 is 11.9. The number of para-hydroxylation sites is 2. The second kappa shape index (κ2) is 7.16. The molecule has 0 bridgehead atoms. The molecule has 4 rings (SSSR count). The van der Waals surface area contributed by atoms with E-state index in [1.165, 1.54) is 0 Å². The lowest BCUT2D eigenvalue weighted by atomic mass is 10.1. The van der Waals surface area contributed by atoms with Crippen LogP contribution in [-0.4, -0.2) is 27.6 Å². The van der Waals surface area contributed by atoms with Crippen molar-refractivity contribution in [2.45, 2.75) is 45.9 Å². The third-order valence-corrected chi connectivity index (χ3v) is 5.53. The van der Waals surface area contributed by atoms with E-state index in [1.54, 1.807) is 6.20 Å². The molecular formula is C22H26N3O2+. The van der Waals surface area contributed by atoms with Gasteiger partial charge in [-0.1, -0.05) is 18.7 Å². The van der Waals surface area contributed by atoms with Gasteiger partial charge in [-0.05, 0) is 44.9 Å². The van der Waals surface area contributed by atoms with Gasteiger partial charge in [0.05, 0.1) is 12.3 Å². The van der Waals surface area contributed by atoms with Gasteiger partial charge in [-0.2, -0.15) is 0 Å². The van der Waals surface area contributed by atoms with E-state index in [2.05, 4.69) is 18.1 Å². The van der Waals surface area contributed by atoms with Gasteiger partial charge in [0.2, 0.25) is 12.1 Å². The van der Waals surface area contributed by atoms with Gasteiger partial charge < -0.3 is 9.30 Å². The molecule has 3 aromatic rings. The van der Waals surface area contributed by atoms with Crippen LogP contribution >= 0.6 is 0 Å². The number of hydrogen-bond acceptors (Lipinski definition) is 2. The molecule has 0 N–H and O–H groups in total. The molecule has 140 valence electrons. The first-order chi connectivity index (χ1) is 13.1. The lowest BCUT2D eigenvalue weighted by Crippen LogP contribution is -2.36. The van der Waals surface area contributed by atoms with Crippen molar-refractivity contribution in [3.8, 4) is 0 Å². The first-order valence-electron chi connectivity index (χ1n) is 9.51. The zero-order valence-corrected chi connectivity index (χ0v) is 16.0. The Kier molecular flexibility index (Phi) is 4.70. The summed E-state index contributed by atoms with van der Waals surface area (Å²) in [5.41, 5.74) is 5.02. The fourth-order valence-electron chi connectivity index (χ4n) is 4.07. The van der Waals surface area contributed by atoms with E-state index in [-0.39, 0.29) is 11.9 Å². The van der Waals surface area contributed by atoms with E-state index in [9.17, 15) is 4.79 Å². The van der Waals surface area contributed by atoms with Gasteiger partial charge in [-0.15, -0.1) is 0 Å². The number of rotatable bonds is 6. The summed E-state index contributed by atoms with van der Waals surface area (Å²) in [4.78, 5) is 13.1. The van der Waals surface area contributed by atoms with Crippen molar-refractivity contribution < 1.29 is 14.1 Å². The van der Waals surface area contributed by atoms with Crippen LogP contribution in [0.3, 0.4) is 0 Å². The average molecular weight is 364 g/mol. The Morgan fingerprint density at radius 2 is 2.19 bits per heavy atom. The molecule has 0 amide bonds. The highest BCUT2D eigenvalue weighted by Crippen LogP contribution is 2.21. The monoisotopic (exact) mass is 364 g/mol. The number of carbonyl (C=O) groups excluding carboxylic acids is 1. The Labute approximate surface area is 159 Å². The predicted molar refractivity (Wildman–Crippen MR) is 106 cm³/mol. The highest BCUT2D eigenvalue weighted by atomic mass is 16.5. The van der Waals surface area contributed by atoms with Crippen LogP contribution < -0.4 is 4.57 Å². The third-order valence-electron chi connectivity index (χ3n) is 5.53. The summed E-state index contributed by atoms with van der Waals surface area (Å²) in [7, 11) is 0. The van der Waals surface area contributed by atoms with Crippen molar-refractivity contribution in [2.24, 2.45) is 0 Å². The van der Waals surface area contributed by atoms with Crippen molar-refractivity contribution in [3.63, 3.8) is 0 Å². The van der Waals surface area contributed by atoms with Gasteiger partial charge in [0, 0.05) is 30.1 Å². The molecule has 1 atom stereocenters. The zero-order valence-electron chi connectivity index (χ0n) is 16.0. The number of carbonyl (C=O) groups is 1. The fourth-order valence-corrected chi connectivity index (χ4v) is 4.07. The van der Waals surface area contributed by atoms with E-state index in [4.69, 9.17) is 4.74 Å². The summed E-state index contributed by atoms with van der Waals surface area (Å²) in [6.07, 6.45) is 6.17. The average Bonchev–Trinajstić information content (AvgIpc) is 3.37. The molecule has 5 heteroatoms. The molecule has 1 aromatic carbocycles. The SMILES string of the molecule is C=Cn1c[n+](CC(=O)c2cc(C)n(C[C@H]3CCCO3)c2C)c2ccccc21. The van der Waals surface area contributed by atoms with Crippen LogP contribution in [0.2, 0.25) is 0 Å². The van der Waals surface area contributed by atoms with E-state index in [0.717, 1.165) is 54.0 Å². The maximum atomic E-state index is 13.1. The molecular weight excluding hydrogens is 338 g/mol. The molecule has 5 nitrogen and oxygen atoms in total. The van der Waals surface area contributed by atoms with E-state index < -0.39 is 0 Å². The van der Waals surface area contributed by atoms with Crippen LogP contribution in [0.5, 0.6) is 0 Å². The number of ketones is 1. The van der Waals surface area contributed by atoms with Gasteiger partial charge in [0.1, 0.15) is 0 Å². The molecule has 0 spiro atoms. The number of nitrogens with zero attached hydrogens (tertiary/aromatic N) is 3. The van der Waals surface area contributed by atoms with Crippen molar-refractivity contribution in [1.29, 1.82) is 0 Å². The topological polar surface area (TPSA) is 40.0 Å². The van der Waals surface area contributed by atoms with Crippen LogP contribution in [0.1, 0.15) is 34.6 Å². The number of aryl methyl sites for hydroxylation is 1. The number of ether oxygens (including phenoxy) is 1. The second-order valence-electron chi connectivity index (χ2n) is 7.28. The molecule has 1 aliphatic heterocycles. The standard InChI is InChI=1S/C22H26N3O2/c1-4-23-15-24(21-10-6-5-9-20(21)23)14-22(26)19-12-16(2)25(17(19)3)13-18-8-7-11-27-18/h4-6,9-10,12,15,18H,1,7-8,11,13-14H2,2-3H3/q+1/t18-/m1/s1. The number of Topliss-reactive ketones (excluding diaryl/α,β-unsaturated/α-hetero) is 1. The first-order valence-corrected chi connectivity index (χ1v) is 9.51. The maximum absolute atomic E-state index is 13.1. The minimum absolute atomic E-state index is 0.124. The lowest BCUT2D eigenvalue weighted by molar-refractivity contribution is -0.657. The van der Waals surface area contributed by atoms with E-state index >= 15 is 0 Å². The minimum atomic E-state index is 0.124. The molecule has 0 unspecified atom stereocenters. The van der Waals surface area contributed by atoms with Gasteiger partial charge in [0.15, 0.2) is 17.6 Å². The first kappa shape index (κ1) is 17.7. The molecule has 0 radical (unpaired) electrons. The highest BCUT2D eigenvalue weighted by Gasteiger charge is 2.23. The van der Waals surface area contributed by atoms with Crippen LogP contribution in [0.4, 0.5) is 0 Å². The molecule has 0 saturated carbocycles. The molecule has 3 heterocycles. The summed E-state index contributed by atoms with van der Waals surface area (Å²) in [5.74, 6) is 0.124. The lowest BCUT2D eigenvalue weighted by Gasteiger charge is -2.14. The summed E-state index contributed by atoms with van der Waals surface area (Å²) >= 11 is 0. The van der Waals surface area contributed by atoms with Gasteiger partial charge in [-0.3, -0.25) is 4.79 Å². The molecule has 27 heavy (non-hydrogen) atoms. The third kappa shape index (κ3) is 3.23. The number of aromatic nitrogens is 3. The zero-order chi connectivity index (χ0) is 19.0. The Morgan fingerprint density at radius 1 is 1.37 bits per heavy atom. The predicted octanol–water partition coefficient (Wildman–Crippen LogP) is 3.51. The molecule has 1 fully saturated rings. The Balaban J connectivity index is 1.61. The smallest absolute Gasteiger partial charge is 0.249 e. The van der Waals surface area contributed by atoms with Gasteiger partial charge >= 0.3 is 0 Å². The number of imidazole rings is 1. The van der Waals surface area contributed by atoms with Gasteiger partial charge in [-0.25, -0.2) is 9.13 Å². The van der Waals surface area contributed by atoms with Gasteiger partial charge in [0.25, 0.3) is 0 Å². The number of fused-ring (bicyclic) bond motifs is 1. The molecule has 1 saturated heterocycles. The van der Waals surface area contributed by atoms with E-state index in [1.807, 2.05) is 52.7 Å². The fraction of sp³-hybridized carbons (Fsp3) is 0.364. The molecule has 1 aliphatic rings. The van der Waals surface area contributed by atoms with Crippen LogP contribution in [0, 0.1) is 13.8 Å². The Morgan fingerprint density at radius 3 is 2.93 bits per heavy atom. The second-order valence-corrected chi connectivity index (χ2v) is 7.28. The molecule has 2 aromatic heterocycles. The van der Waals surface area contributed by atoms with Crippen LogP contribution in [0.15, 0.2) is 43.2 Å². The normalized spacial score (nSPS) is 16.9. The molecule has 0 aliphatic carbocycles. The largest absolute Gasteiger partial charge is 0.376 e. The quantitative estimate of drug-likeness (QED) is 0.496. The van der Waals surface area contributed by atoms with Crippen molar-refractivity contribution in [2.75, 3.05) is 6.61 Å². The summed E-state index contributed by atoms with van der Waals surface area (Å²) in [6, 6.07) is 10.1. The number of hydrogen-bond donors (Lipinski definition) is 0. The van der Waals surface area contributed by atoms with Crippen molar-refractivity contribution in [3.05, 3.63) is 60.2 Å². The maximum Gasteiger partial charge on any atom is 0.249 e. The highest BCUT2D eigenvalue weighted by molar-refractivity contribution is 5.96. The van der Waals surface area contributed by atoms with Crippen molar-refractivity contribution in [1.82, 2.24) is 9.13 Å². The minimum Gasteiger partial charge on any atom is -0.376 e. The van der Waals surface area contributed by atoms with Crippen LogP contribution in [0.25, 0.3) is 17.2 Å². The van der Waals surface area contributed by atoms with Crippen LogP contribution in [-0.2, 0) is 17.8 Å².